The van der Waals surface area contributed by atoms with Gasteiger partial charge in [0.15, 0.2) is 11.5 Å². The maximum absolute atomic E-state index is 13.5. The number of thiophene rings is 1. The van der Waals surface area contributed by atoms with Gasteiger partial charge in [-0.1, -0.05) is 17.7 Å². The molecule has 2 aromatic carbocycles. The molecule has 174 valence electrons. The van der Waals surface area contributed by atoms with Crippen LogP contribution in [0.15, 0.2) is 63.9 Å². The first-order valence-corrected chi connectivity index (χ1v) is 12.3. The van der Waals surface area contributed by atoms with Gasteiger partial charge in [0, 0.05) is 10.9 Å². The molecule has 0 aliphatic carbocycles. The highest BCUT2D eigenvalue weighted by molar-refractivity contribution is 7.92. The molecule has 1 heterocycles. The number of carbonyl (C=O) groups excluding carboxylic acids is 1. The Morgan fingerprint density at radius 1 is 1.06 bits per heavy atom. The maximum atomic E-state index is 13.5. The average Bonchev–Trinajstić information content (AvgIpc) is 3.21. The number of hydrazone groups is 1. The van der Waals surface area contributed by atoms with E-state index in [0.717, 1.165) is 20.3 Å². The molecule has 1 aromatic heterocycles. The fourth-order valence-corrected chi connectivity index (χ4v) is 5.18. The van der Waals surface area contributed by atoms with Gasteiger partial charge in [-0.2, -0.15) is 5.10 Å². The Kier molecular flexibility index (Phi) is 7.72. The van der Waals surface area contributed by atoms with Gasteiger partial charge in [0.05, 0.1) is 31.0 Å². The summed E-state index contributed by atoms with van der Waals surface area (Å²) in [5.74, 6) is 0.186. The monoisotopic (exact) mass is 487 g/mol. The van der Waals surface area contributed by atoms with Crippen LogP contribution in [0, 0.1) is 13.8 Å². The van der Waals surface area contributed by atoms with Crippen LogP contribution in [0.25, 0.3) is 0 Å². The zero-order chi connectivity index (χ0) is 24.0. The topological polar surface area (TPSA) is 97.3 Å². The molecule has 0 bridgehead atoms. The predicted molar refractivity (Wildman–Crippen MR) is 130 cm³/mol. The Balaban J connectivity index is 1.93. The molecule has 8 nitrogen and oxygen atoms in total. The first kappa shape index (κ1) is 24.3. The van der Waals surface area contributed by atoms with E-state index in [4.69, 9.17) is 9.47 Å². The molecular weight excluding hydrogens is 462 g/mol. The van der Waals surface area contributed by atoms with E-state index in [0.29, 0.717) is 11.5 Å². The summed E-state index contributed by atoms with van der Waals surface area (Å²) in [5.41, 5.74) is 4.61. The summed E-state index contributed by atoms with van der Waals surface area (Å²) in [4.78, 5) is 13.6. The van der Waals surface area contributed by atoms with Crippen LogP contribution in [0.4, 0.5) is 5.69 Å². The van der Waals surface area contributed by atoms with Gasteiger partial charge in [0.2, 0.25) is 0 Å². The Morgan fingerprint density at radius 3 is 2.36 bits per heavy atom. The van der Waals surface area contributed by atoms with E-state index in [9.17, 15) is 13.2 Å². The van der Waals surface area contributed by atoms with E-state index in [1.165, 1.54) is 50.0 Å². The number of ether oxygens (including phenoxy) is 2. The lowest BCUT2D eigenvalue weighted by molar-refractivity contribution is -0.119. The molecule has 1 N–H and O–H groups in total. The lowest BCUT2D eigenvalue weighted by Gasteiger charge is -2.24. The standard InChI is InChI=1S/C23H25N3O5S2/c1-16-5-8-19(9-6-16)33(28,29)26(18-7-10-20(30-3)21(13-18)31-4)15-23(27)25-24-14-22-17(2)11-12-32-22/h5-14H,15H2,1-4H3,(H,25,27)/b24-14-. The maximum Gasteiger partial charge on any atom is 0.264 e. The normalized spacial score (nSPS) is 11.4. The summed E-state index contributed by atoms with van der Waals surface area (Å²) < 4.78 is 38.5. The van der Waals surface area contributed by atoms with E-state index < -0.39 is 22.5 Å². The quantitative estimate of drug-likeness (QED) is 0.366. The van der Waals surface area contributed by atoms with Crippen LogP contribution in [0.3, 0.4) is 0 Å². The molecule has 3 aromatic rings. The SMILES string of the molecule is COc1ccc(N(CC(=O)N/N=C\c2sccc2C)S(=O)(=O)c2ccc(C)cc2)cc1OC. The van der Waals surface area contributed by atoms with Crippen LogP contribution >= 0.6 is 11.3 Å². The fourth-order valence-electron chi connectivity index (χ4n) is 2.98. The van der Waals surface area contributed by atoms with Crippen molar-refractivity contribution in [2.45, 2.75) is 18.7 Å². The van der Waals surface area contributed by atoms with Gasteiger partial charge in [0.1, 0.15) is 6.54 Å². The minimum Gasteiger partial charge on any atom is -0.493 e. The van der Waals surface area contributed by atoms with Crippen LogP contribution in [-0.2, 0) is 14.8 Å². The summed E-state index contributed by atoms with van der Waals surface area (Å²) in [6, 6.07) is 13.0. The molecular formula is C23H25N3O5S2. The third kappa shape index (κ3) is 5.71. The first-order valence-electron chi connectivity index (χ1n) is 9.93. The average molecular weight is 488 g/mol. The van der Waals surface area contributed by atoms with Crippen molar-refractivity contribution in [3.05, 3.63) is 69.9 Å². The molecule has 0 saturated carbocycles. The van der Waals surface area contributed by atoms with Gasteiger partial charge in [-0.15, -0.1) is 11.3 Å². The number of hydrogen-bond donors (Lipinski definition) is 1. The summed E-state index contributed by atoms with van der Waals surface area (Å²) in [6.45, 7) is 3.32. The third-order valence-electron chi connectivity index (χ3n) is 4.82. The van der Waals surface area contributed by atoms with Crippen molar-refractivity contribution in [1.82, 2.24) is 5.43 Å². The molecule has 10 heteroatoms. The smallest absolute Gasteiger partial charge is 0.264 e. The van der Waals surface area contributed by atoms with E-state index >= 15 is 0 Å². The first-order chi connectivity index (χ1) is 15.8. The van der Waals surface area contributed by atoms with Crippen LogP contribution in [0.1, 0.15) is 16.0 Å². The molecule has 0 saturated heterocycles. The molecule has 0 aliphatic heterocycles. The largest absolute Gasteiger partial charge is 0.493 e. The van der Waals surface area contributed by atoms with Crippen LogP contribution in [0.2, 0.25) is 0 Å². The summed E-state index contributed by atoms with van der Waals surface area (Å²) in [5, 5.41) is 5.89. The van der Waals surface area contributed by atoms with E-state index in [-0.39, 0.29) is 10.6 Å². The molecule has 0 fully saturated rings. The minimum atomic E-state index is -4.06. The summed E-state index contributed by atoms with van der Waals surface area (Å²) in [6.07, 6.45) is 1.53. The van der Waals surface area contributed by atoms with Crippen LogP contribution < -0.4 is 19.2 Å². The lowest BCUT2D eigenvalue weighted by atomic mass is 10.2. The van der Waals surface area contributed by atoms with Crippen molar-refractivity contribution >= 4 is 39.2 Å². The van der Waals surface area contributed by atoms with E-state index in [1.54, 1.807) is 24.3 Å². The van der Waals surface area contributed by atoms with Crippen molar-refractivity contribution in [2.24, 2.45) is 5.10 Å². The minimum absolute atomic E-state index is 0.0633. The Labute approximate surface area is 197 Å². The number of amides is 1. The van der Waals surface area contributed by atoms with Crippen molar-refractivity contribution in [1.29, 1.82) is 0 Å². The van der Waals surface area contributed by atoms with Crippen LogP contribution in [0.5, 0.6) is 11.5 Å². The number of hydrogen-bond acceptors (Lipinski definition) is 7. The Hall–Kier alpha value is -3.37. The number of anilines is 1. The highest BCUT2D eigenvalue weighted by Gasteiger charge is 2.28. The molecule has 0 aliphatic rings. The van der Waals surface area contributed by atoms with Gasteiger partial charge in [-0.25, -0.2) is 13.8 Å². The second-order valence-electron chi connectivity index (χ2n) is 7.13. The molecule has 0 radical (unpaired) electrons. The number of nitrogens with one attached hydrogen (secondary N) is 1. The number of aryl methyl sites for hydroxylation is 2. The molecule has 33 heavy (non-hydrogen) atoms. The van der Waals surface area contributed by atoms with Crippen LogP contribution in [-0.4, -0.2) is 41.3 Å². The van der Waals surface area contributed by atoms with Crippen molar-refractivity contribution in [2.75, 3.05) is 25.1 Å². The van der Waals surface area contributed by atoms with Crippen molar-refractivity contribution in [3.8, 4) is 11.5 Å². The number of nitrogens with zero attached hydrogens (tertiary/aromatic N) is 2. The number of sulfonamides is 1. The summed E-state index contributed by atoms with van der Waals surface area (Å²) >= 11 is 1.49. The van der Waals surface area contributed by atoms with Gasteiger partial charge >= 0.3 is 0 Å². The molecule has 1 amide bonds. The lowest BCUT2D eigenvalue weighted by Crippen LogP contribution is -2.39. The number of rotatable bonds is 9. The molecule has 3 rings (SSSR count). The predicted octanol–water partition coefficient (Wildman–Crippen LogP) is 3.73. The molecule has 0 unspecified atom stereocenters. The Bertz CT molecular complexity index is 1250. The van der Waals surface area contributed by atoms with Gasteiger partial charge in [-0.3, -0.25) is 9.10 Å². The van der Waals surface area contributed by atoms with Gasteiger partial charge < -0.3 is 9.47 Å². The zero-order valence-electron chi connectivity index (χ0n) is 18.7. The molecule has 0 spiro atoms. The van der Waals surface area contributed by atoms with Gasteiger partial charge in [-0.05, 0) is 55.1 Å². The van der Waals surface area contributed by atoms with Crippen molar-refractivity contribution < 1.29 is 22.7 Å². The summed E-state index contributed by atoms with van der Waals surface area (Å²) in [7, 11) is -1.12. The zero-order valence-corrected chi connectivity index (χ0v) is 20.4. The number of methoxy groups -OCH3 is 2. The number of carbonyl (C=O) groups is 1. The third-order valence-corrected chi connectivity index (χ3v) is 7.57. The number of benzene rings is 2. The van der Waals surface area contributed by atoms with Gasteiger partial charge in [0.25, 0.3) is 15.9 Å². The second kappa shape index (κ2) is 10.5. The Morgan fingerprint density at radius 2 is 1.76 bits per heavy atom. The van der Waals surface area contributed by atoms with E-state index in [2.05, 4.69) is 10.5 Å². The van der Waals surface area contributed by atoms with Crippen molar-refractivity contribution in [3.63, 3.8) is 0 Å². The fraction of sp³-hybridized carbons (Fsp3) is 0.217. The van der Waals surface area contributed by atoms with E-state index in [1.807, 2.05) is 25.3 Å². The highest BCUT2D eigenvalue weighted by Crippen LogP contribution is 2.33. The highest BCUT2D eigenvalue weighted by atomic mass is 32.2. The molecule has 0 atom stereocenters. The second-order valence-corrected chi connectivity index (χ2v) is 9.94.